The molecule has 1 fully saturated rings. The first-order chi connectivity index (χ1) is 11.5. The minimum absolute atomic E-state index is 0.0602. The molecule has 9 heteroatoms. The van der Waals surface area contributed by atoms with Gasteiger partial charge in [0.15, 0.2) is 0 Å². The number of aromatic nitrogens is 3. The Bertz CT molecular complexity index is 898. The maximum atomic E-state index is 12.3. The largest absolute Gasteiger partial charge is 0.363 e. The summed E-state index contributed by atoms with van der Waals surface area (Å²) < 4.78 is 32.0. The Morgan fingerprint density at radius 1 is 1.25 bits per heavy atom. The molecule has 1 aliphatic heterocycles. The summed E-state index contributed by atoms with van der Waals surface area (Å²) in [7, 11) is -3.54. The summed E-state index contributed by atoms with van der Waals surface area (Å²) in [6.07, 6.45) is 6.36. The monoisotopic (exact) mass is 350 g/mol. The van der Waals surface area contributed by atoms with E-state index in [2.05, 4.69) is 14.8 Å². The minimum Gasteiger partial charge on any atom is -0.363 e. The van der Waals surface area contributed by atoms with Crippen LogP contribution >= 0.6 is 0 Å². The second kappa shape index (κ2) is 5.82. The van der Waals surface area contributed by atoms with Gasteiger partial charge >= 0.3 is 0 Å². The van der Waals surface area contributed by atoms with E-state index in [9.17, 15) is 13.2 Å². The fraction of sp³-hybridized carbons (Fsp3) is 0.533. The average Bonchev–Trinajstić information content (AvgIpc) is 3.05. The van der Waals surface area contributed by atoms with Crippen molar-refractivity contribution < 1.29 is 12.9 Å². The Morgan fingerprint density at radius 3 is 2.79 bits per heavy atom. The fourth-order valence-corrected chi connectivity index (χ4v) is 4.74. The van der Waals surface area contributed by atoms with Crippen molar-refractivity contribution in [3.63, 3.8) is 0 Å². The first kappa shape index (κ1) is 15.5. The molecule has 0 atom stereocenters. The van der Waals surface area contributed by atoms with Crippen molar-refractivity contribution in [1.29, 1.82) is 0 Å². The lowest BCUT2D eigenvalue weighted by Gasteiger charge is -2.37. The molecule has 3 heterocycles. The lowest BCUT2D eigenvalue weighted by Crippen LogP contribution is -2.52. The second-order valence-electron chi connectivity index (χ2n) is 6.39. The predicted molar refractivity (Wildman–Crippen MR) is 83.9 cm³/mol. The van der Waals surface area contributed by atoms with Crippen LogP contribution in [0.4, 0.5) is 0 Å². The molecule has 0 radical (unpaired) electrons. The Labute approximate surface area is 139 Å². The van der Waals surface area contributed by atoms with Crippen LogP contribution in [-0.4, -0.2) is 40.7 Å². The van der Waals surface area contributed by atoms with E-state index < -0.39 is 10.0 Å². The molecule has 24 heavy (non-hydrogen) atoms. The molecule has 1 saturated heterocycles. The molecule has 2 aromatic rings. The Balaban J connectivity index is 1.45. The van der Waals surface area contributed by atoms with Gasteiger partial charge in [0.1, 0.15) is 11.2 Å². The van der Waals surface area contributed by atoms with Crippen LogP contribution in [0.2, 0.25) is 0 Å². The van der Waals surface area contributed by atoms with Gasteiger partial charge in [-0.25, -0.2) is 13.1 Å². The zero-order valence-electron chi connectivity index (χ0n) is 13.1. The van der Waals surface area contributed by atoms with Crippen molar-refractivity contribution in [2.45, 2.75) is 37.1 Å². The number of nitrogens with zero attached hydrogens (tertiary/aromatic N) is 4. The highest BCUT2D eigenvalue weighted by Gasteiger charge is 2.38. The van der Waals surface area contributed by atoms with Crippen molar-refractivity contribution in [3.8, 4) is 0 Å². The molecular formula is C15H18N4O4S. The third-order valence-corrected chi connectivity index (χ3v) is 6.45. The topological polar surface area (TPSA) is 98.3 Å². The smallest absolute Gasteiger partial charge is 0.267 e. The molecule has 0 amide bonds. The Hall–Kier alpha value is -2.00. The molecule has 8 nitrogen and oxygen atoms in total. The maximum absolute atomic E-state index is 12.3. The normalized spacial score (nSPS) is 19.0. The van der Waals surface area contributed by atoms with E-state index in [1.54, 1.807) is 6.07 Å². The highest BCUT2D eigenvalue weighted by Crippen LogP contribution is 2.25. The van der Waals surface area contributed by atoms with Gasteiger partial charge in [0, 0.05) is 25.1 Å². The van der Waals surface area contributed by atoms with E-state index in [4.69, 9.17) is 0 Å². The van der Waals surface area contributed by atoms with Gasteiger partial charge in [-0.2, -0.15) is 9.40 Å². The SMILES string of the molecule is O=c1cc2c(nn1CC1CN(S(=O)(=O)c3cnoc3)C1)CCCC2. The van der Waals surface area contributed by atoms with Gasteiger partial charge in [0.2, 0.25) is 10.0 Å². The highest BCUT2D eigenvalue weighted by atomic mass is 32.2. The summed E-state index contributed by atoms with van der Waals surface area (Å²) in [6, 6.07) is 1.69. The number of rotatable bonds is 4. The number of aryl methyl sites for hydroxylation is 2. The summed E-state index contributed by atoms with van der Waals surface area (Å²) in [5.41, 5.74) is 1.97. The first-order valence-corrected chi connectivity index (χ1v) is 9.47. The highest BCUT2D eigenvalue weighted by molar-refractivity contribution is 7.89. The van der Waals surface area contributed by atoms with Gasteiger partial charge in [-0.05, 0) is 31.2 Å². The molecule has 2 aromatic heterocycles. The number of hydrogen-bond acceptors (Lipinski definition) is 6. The third kappa shape index (κ3) is 2.67. The summed E-state index contributed by atoms with van der Waals surface area (Å²) in [6.45, 7) is 1.19. The molecule has 2 aliphatic rings. The zero-order chi connectivity index (χ0) is 16.7. The van der Waals surface area contributed by atoms with E-state index in [1.165, 1.54) is 15.2 Å². The van der Waals surface area contributed by atoms with Crippen molar-refractivity contribution in [2.24, 2.45) is 5.92 Å². The van der Waals surface area contributed by atoms with Gasteiger partial charge in [0.05, 0.1) is 18.4 Å². The number of fused-ring (bicyclic) bond motifs is 1. The van der Waals surface area contributed by atoms with E-state index in [-0.39, 0.29) is 16.4 Å². The van der Waals surface area contributed by atoms with E-state index >= 15 is 0 Å². The molecule has 0 unspecified atom stereocenters. The van der Waals surface area contributed by atoms with Crippen LogP contribution in [0, 0.1) is 5.92 Å². The van der Waals surface area contributed by atoms with Crippen LogP contribution in [0.5, 0.6) is 0 Å². The van der Waals surface area contributed by atoms with E-state index in [0.717, 1.165) is 43.2 Å². The molecule has 0 bridgehead atoms. The molecule has 0 aromatic carbocycles. The maximum Gasteiger partial charge on any atom is 0.267 e. The molecule has 1 aliphatic carbocycles. The van der Waals surface area contributed by atoms with Gasteiger partial charge in [-0.1, -0.05) is 5.16 Å². The van der Waals surface area contributed by atoms with Gasteiger partial charge in [-0.15, -0.1) is 0 Å². The van der Waals surface area contributed by atoms with Crippen LogP contribution < -0.4 is 5.56 Å². The van der Waals surface area contributed by atoms with Crippen molar-refractivity contribution >= 4 is 10.0 Å². The Morgan fingerprint density at radius 2 is 2.04 bits per heavy atom. The molecule has 4 rings (SSSR count). The third-order valence-electron chi connectivity index (χ3n) is 4.68. The number of hydrogen-bond donors (Lipinski definition) is 0. The summed E-state index contributed by atoms with van der Waals surface area (Å²) >= 11 is 0. The molecule has 128 valence electrons. The van der Waals surface area contributed by atoms with Crippen LogP contribution in [0.15, 0.2) is 32.7 Å². The number of sulfonamides is 1. The first-order valence-electron chi connectivity index (χ1n) is 8.03. The lowest BCUT2D eigenvalue weighted by atomic mass is 9.97. The van der Waals surface area contributed by atoms with Crippen LogP contribution in [0.1, 0.15) is 24.1 Å². The van der Waals surface area contributed by atoms with Crippen molar-refractivity contribution in [3.05, 3.63) is 40.1 Å². The standard InChI is InChI=1S/C15H18N4O4S/c20-15-5-12-3-1-2-4-14(12)17-19(15)9-11-7-18(8-11)24(21,22)13-6-16-23-10-13/h5-6,10-11H,1-4,7-9H2. The van der Waals surface area contributed by atoms with Gasteiger partial charge < -0.3 is 4.52 Å². The molecule has 0 saturated carbocycles. The molecule has 0 spiro atoms. The van der Waals surface area contributed by atoms with Crippen LogP contribution in [0.3, 0.4) is 0 Å². The summed E-state index contributed by atoms with van der Waals surface area (Å²) in [5.74, 6) is 0.0893. The van der Waals surface area contributed by atoms with Gasteiger partial charge in [0.25, 0.3) is 5.56 Å². The van der Waals surface area contributed by atoms with Crippen molar-refractivity contribution in [2.75, 3.05) is 13.1 Å². The summed E-state index contributed by atoms with van der Waals surface area (Å²) in [4.78, 5) is 12.2. The molecular weight excluding hydrogens is 332 g/mol. The average molecular weight is 350 g/mol. The van der Waals surface area contributed by atoms with Gasteiger partial charge in [-0.3, -0.25) is 4.79 Å². The minimum atomic E-state index is -3.54. The predicted octanol–water partition coefficient (Wildman–Crippen LogP) is 0.431. The van der Waals surface area contributed by atoms with Crippen molar-refractivity contribution in [1.82, 2.24) is 19.2 Å². The second-order valence-corrected chi connectivity index (χ2v) is 8.33. The quantitative estimate of drug-likeness (QED) is 0.793. The molecule has 0 N–H and O–H groups in total. The summed E-state index contributed by atoms with van der Waals surface area (Å²) in [5, 5.41) is 7.92. The zero-order valence-corrected chi connectivity index (χ0v) is 13.9. The van der Waals surface area contributed by atoms with E-state index in [0.29, 0.717) is 19.6 Å². The fourth-order valence-electron chi connectivity index (χ4n) is 3.28. The van der Waals surface area contributed by atoms with Crippen LogP contribution in [0.25, 0.3) is 0 Å². The Kier molecular flexibility index (Phi) is 3.76. The lowest BCUT2D eigenvalue weighted by molar-refractivity contribution is 0.172. The van der Waals surface area contributed by atoms with Crippen LogP contribution in [-0.2, 0) is 29.4 Å². The van der Waals surface area contributed by atoms with E-state index in [1.807, 2.05) is 0 Å².